The summed E-state index contributed by atoms with van der Waals surface area (Å²) in [5.41, 5.74) is 1.60. The number of ketones is 1. The predicted molar refractivity (Wildman–Crippen MR) is 60.1 cm³/mol. The van der Waals surface area contributed by atoms with Crippen molar-refractivity contribution in [2.45, 2.75) is 13.8 Å². The van der Waals surface area contributed by atoms with Crippen LogP contribution in [0, 0.1) is 6.92 Å². The van der Waals surface area contributed by atoms with Crippen LogP contribution in [0.1, 0.15) is 22.3 Å². The Morgan fingerprint density at radius 3 is 2.73 bits per heavy atom. The molecule has 0 saturated heterocycles. The van der Waals surface area contributed by atoms with Gasteiger partial charge in [-0.3, -0.25) is 9.78 Å². The molecule has 3 nitrogen and oxygen atoms in total. The molecule has 2 aromatic heterocycles. The van der Waals surface area contributed by atoms with Crippen LogP contribution in [-0.4, -0.2) is 15.8 Å². The fourth-order valence-corrected chi connectivity index (χ4v) is 2.26. The van der Waals surface area contributed by atoms with Crippen molar-refractivity contribution in [1.82, 2.24) is 9.97 Å². The van der Waals surface area contributed by atoms with Gasteiger partial charge in [-0.15, -0.1) is 11.3 Å². The zero-order chi connectivity index (χ0) is 10.8. The lowest BCUT2D eigenvalue weighted by molar-refractivity contribution is 0.102. The minimum Gasteiger partial charge on any atom is -0.294 e. The number of Topliss-reactive ketones (excluding diaryl/α,β-unsaturated/α-hetero) is 1. The molecule has 0 N–H and O–H groups in total. The van der Waals surface area contributed by atoms with Gasteiger partial charge in [0.25, 0.3) is 0 Å². The summed E-state index contributed by atoms with van der Waals surface area (Å²) in [5.74, 6) is 0.0622. The van der Waals surface area contributed by atoms with Crippen LogP contribution in [0.15, 0.2) is 24.4 Å². The Balaban J connectivity index is 2.48. The molecule has 4 heteroatoms. The van der Waals surface area contributed by atoms with Crippen LogP contribution in [0.2, 0.25) is 0 Å². The highest BCUT2D eigenvalue weighted by atomic mass is 32.1. The molecule has 2 heterocycles. The van der Waals surface area contributed by atoms with Gasteiger partial charge in [0.05, 0.1) is 16.3 Å². The van der Waals surface area contributed by atoms with Gasteiger partial charge < -0.3 is 0 Å². The third kappa shape index (κ3) is 1.94. The average Bonchev–Trinajstić information content (AvgIpc) is 2.62. The van der Waals surface area contributed by atoms with Gasteiger partial charge >= 0.3 is 0 Å². The quantitative estimate of drug-likeness (QED) is 0.728. The molecule has 0 atom stereocenters. The Bertz CT molecular complexity index is 491. The number of carbonyl (C=O) groups is 1. The Labute approximate surface area is 91.8 Å². The molecule has 2 rings (SSSR count). The van der Waals surface area contributed by atoms with E-state index in [1.54, 1.807) is 13.1 Å². The zero-order valence-electron chi connectivity index (χ0n) is 8.52. The molecule has 0 aliphatic heterocycles. The van der Waals surface area contributed by atoms with Crippen molar-refractivity contribution in [2.24, 2.45) is 0 Å². The standard InChI is InChI=1S/C11H10N2OS/c1-7-10(8(2)14)15-11(13-7)9-5-3-4-6-12-9/h3-6H,1-2H3. The summed E-state index contributed by atoms with van der Waals surface area (Å²) in [6, 6.07) is 5.66. The van der Waals surface area contributed by atoms with E-state index >= 15 is 0 Å². The summed E-state index contributed by atoms with van der Waals surface area (Å²) >= 11 is 1.40. The van der Waals surface area contributed by atoms with Gasteiger partial charge in [0.2, 0.25) is 0 Å². The van der Waals surface area contributed by atoms with Crippen LogP contribution in [-0.2, 0) is 0 Å². The van der Waals surface area contributed by atoms with Gasteiger partial charge in [-0.25, -0.2) is 4.98 Å². The molecule has 0 bridgehead atoms. The maximum atomic E-state index is 11.3. The number of rotatable bonds is 2. The van der Waals surface area contributed by atoms with E-state index in [1.165, 1.54) is 11.3 Å². The molecule has 0 aromatic carbocycles. The number of carbonyl (C=O) groups excluding carboxylic acids is 1. The number of hydrogen-bond acceptors (Lipinski definition) is 4. The first-order chi connectivity index (χ1) is 7.18. The first-order valence-electron chi connectivity index (χ1n) is 4.58. The smallest absolute Gasteiger partial charge is 0.171 e. The minimum atomic E-state index is 0.0622. The molecule has 76 valence electrons. The molecular weight excluding hydrogens is 208 g/mol. The second-order valence-electron chi connectivity index (χ2n) is 3.20. The minimum absolute atomic E-state index is 0.0622. The number of thiazole rings is 1. The Hall–Kier alpha value is -1.55. The molecule has 15 heavy (non-hydrogen) atoms. The molecule has 0 unspecified atom stereocenters. The molecule has 0 saturated carbocycles. The van der Waals surface area contributed by atoms with Gasteiger partial charge in [0, 0.05) is 13.1 Å². The van der Waals surface area contributed by atoms with Crippen molar-refractivity contribution in [3.63, 3.8) is 0 Å². The van der Waals surface area contributed by atoms with Crippen molar-refractivity contribution >= 4 is 17.1 Å². The topological polar surface area (TPSA) is 42.9 Å². The van der Waals surface area contributed by atoms with Gasteiger partial charge in [-0.1, -0.05) is 6.07 Å². The summed E-state index contributed by atoms with van der Waals surface area (Å²) < 4.78 is 0. The molecule has 0 fully saturated rings. The van der Waals surface area contributed by atoms with E-state index in [4.69, 9.17) is 0 Å². The lowest BCUT2D eigenvalue weighted by Gasteiger charge is -1.91. The largest absolute Gasteiger partial charge is 0.294 e. The SMILES string of the molecule is CC(=O)c1sc(-c2ccccn2)nc1C. The molecular formula is C11H10N2OS. The molecule has 0 spiro atoms. The van der Waals surface area contributed by atoms with Crippen molar-refractivity contribution in [2.75, 3.05) is 0 Å². The second-order valence-corrected chi connectivity index (χ2v) is 4.20. The van der Waals surface area contributed by atoms with E-state index < -0.39 is 0 Å². The highest BCUT2D eigenvalue weighted by Gasteiger charge is 2.12. The summed E-state index contributed by atoms with van der Waals surface area (Å²) in [4.78, 5) is 20.5. The monoisotopic (exact) mass is 218 g/mol. The summed E-state index contributed by atoms with van der Waals surface area (Å²) in [6.45, 7) is 3.41. The van der Waals surface area contributed by atoms with E-state index in [0.29, 0.717) is 0 Å². The molecule has 0 aliphatic carbocycles. The fourth-order valence-electron chi connectivity index (χ4n) is 1.32. The number of nitrogens with zero attached hydrogens (tertiary/aromatic N) is 2. The van der Waals surface area contributed by atoms with Crippen LogP contribution in [0.4, 0.5) is 0 Å². The number of aryl methyl sites for hydroxylation is 1. The van der Waals surface area contributed by atoms with E-state index in [1.807, 2.05) is 25.1 Å². The molecule has 0 amide bonds. The van der Waals surface area contributed by atoms with Gasteiger partial charge in [-0.05, 0) is 19.1 Å². The first-order valence-corrected chi connectivity index (χ1v) is 5.40. The summed E-state index contributed by atoms with van der Waals surface area (Å²) in [7, 11) is 0. The Kier molecular flexibility index (Phi) is 2.60. The zero-order valence-corrected chi connectivity index (χ0v) is 9.34. The fraction of sp³-hybridized carbons (Fsp3) is 0.182. The highest BCUT2D eigenvalue weighted by molar-refractivity contribution is 7.17. The molecule has 0 radical (unpaired) electrons. The number of hydrogen-bond donors (Lipinski definition) is 0. The van der Waals surface area contributed by atoms with Gasteiger partial charge in [0.1, 0.15) is 5.01 Å². The maximum Gasteiger partial charge on any atom is 0.171 e. The van der Waals surface area contributed by atoms with Crippen LogP contribution >= 0.6 is 11.3 Å². The van der Waals surface area contributed by atoms with Crippen molar-refractivity contribution in [3.05, 3.63) is 35.0 Å². The number of aromatic nitrogens is 2. The van der Waals surface area contributed by atoms with Crippen LogP contribution < -0.4 is 0 Å². The van der Waals surface area contributed by atoms with Crippen molar-refractivity contribution in [1.29, 1.82) is 0 Å². The summed E-state index contributed by atoms with van der Waals surface area (Å²) in [5, 5.41) is 0.804. The third-order valence-corrected chi connectivity index (χ3v) is 3.28. The molecule has 2 aromatic rings. The second kappa shape index (κ2) is 3.90. The van der Waals surface area contributed by atoms with E-state index in [0.717, 1.165) is 21.3 Å². The van der Waals surface area contributed by atoms with Crippen molar-refractivity contribution in [3.8, 4) is 10.7 Å². The predicted octanol–water partition coefficient (Wildman–Crippen LogP) is 2.72. The maximum absolute atomic E-state index is 11.3. The van der Waals surface area contributed by atoms with Gasteiger partial charge in [-0.2, -0.15) is 0 Å². The van der Waals surface area contributed by atoms with E-state index in [9.17, 15) is 4.79 Å². The van der Waals surface area contributed by atoms with E-state index in [-0.39, 0.29) is 5.78 Å². The highest BCUT2D eigenvalue weighted by Crippen LogP contribution is 2.26. The van der Waals surface area contributed by atoms with Crippen LogP contribution in [0.3, 0.4) is 0 Å². The average molecular weight is 218 g/mol. The summed E-state index contributed by atoms with van der Waals surface area (Å²) in [6.07, 6.45) is 1.72. The van der Waals surface area contributed by atoms with Crippen molar-refractivity contribution < 1.29 is 4.79 Å². The Morgan fingerprint density at radius 1 is 1.40 bits per heavy atom. The lowest BCUT2D eigenvalue weighted by Crippen LogP contribution is -1.89. The van der Waals surface area contributed by atoms with Crippen LogP contribution in [0.5, 0.6) is 0 Å². The molecule has 0 aliphatic rings. The lowest BCUT2D eigenvalue weighted by atomic mass is 10.3. The first kappa shape index (κ1) is 9.98. The van der Waals surface area contributed by atoms with Crippen LogP contribution in [0.25, 0.3) is 10.7 Å². The number of pyridine rings is 1. The van der Waals surface area contributed by atoms with E-state index in [2.05, 4.69) is 9.97 Å². The normalized spacial score (nSPS) is 10.3. The Morgan fingerprint density at radius 2 is 2.20 bits per heavy atom. The third-order valence-electron chi connectivity index (χ3n) is 2.00. The van der Waals surface area contributed by atoms with Gasteiger partial charge in [0.15, 0.2) is 5.78 Å².